The zero-order chi connectivity index (χ0) is 19.5. The van der Waals surface area contributed by atoms with E-state index in [1.165, 1.54) is 28.8 Å². The van der Waals surface area contributed by atoms with Crippen LogP contribution in [0.1, 0.15) is 44.1 Å². The molecule has 1 fully saturated rings. The van der Waals surface area contributed by atoms with Gasteiger partial charge in [-0.2, -0.15) is 11.3 Å². The van der Waals surface area contributed by atoms with E-state index in [1.807, 2.05) is 16.8 Å². The molecule has 1 aliphatic carbocycles. The van der Waals surface area contributed by atoms with Crippen LogP contribution in [0, 0.1) is 12.5 Å². The predicted molar refractivity (Wildman–Crippen MR) is 103 cm³/mol. The molecule has 1 aromatic rings. The third-order valence-corrected chi connectivity index (χ3v) is 4.89. The fourth-order valence-corrected chi connectivity index (χ4v) is 3.52. The summed E-state index contributed by atoms with van der Waals surface area (Å²) < 4.78 is 5.73. The number of terminal acetylenes is 1. The second-order valence-corrected chi connectivity index (χ2v) is 7.09. The molecule has 7 nitrogen and oxygen atoms in total. The van der Waals surface area contributed by atoms with Gasteiger partial charge in [0.25, 0.3) is 0 Å². The first kappa shape index (κ1) is 20.6. The van der Waals surface area contributed by atoms with Crippen molar-refractivity contribution in [3.63, 3.8) is 0 Å². The molecule has 3 N–H and O–H groups in total. The molecule has 27 heavy (non-hydrogen) atoms. The number of rotatable bonds is 10. The first-order valence-corrected chi connectivity index (χ1v) is 9.86. The lowest BCUT2D eigenvalue weighted by atomic mass is 9.95. The Hall–Kier alpha value is -2.66. The van der Waals surface area contributed by atoms with Gasteiger partial charge in [0.15, 0.2) is 0 Å². The van der Waals surface area contributed by atoms with Crippen molar-refractivity contribution in [2.45, 2.75) is 51.2 Å². The highest BCUT2D eigenvalue weighted by atomic mass is 32.1. The molecule has 146 valence electrons. The second-order valence-electron chi connectivity index (χ2n) is 6.31. The number of carboxylic acids is 1. The standard InChI is InChI=1S/C19H25N3O4S/c1-2-20-22(12-17(23)21-16-6-4-3-5-7-16)18(8-9-19(24)25)26-13-15-10-11-27-14-15/h1,8,10-11,14,16,20H,3-7,9,12-13H2,(H,21,23)(H,24,25)/b18-8+. The summed E-state index contributed by atoms with van der Waals surface area (Å²) in [7, 11) is 0. The number of ether oxygens (including phenoxy) is 1. The molecule has 1 heterocycles. The Bertz CT molecular complexity index is 676. The van der Waals surface area contributed by atoms with Crippen molar-refractivity contribution >= 4 is 23.2 Å². The van der Waals surface area contributed by atoms with Crippen molar-refractivity contribution < 1.29 is 19.4 Å². The van der Waals surface area contributed by atoms with Gasteiger partial charge in [-0.25, -0.2) is 5.01 Å². The number of carbonyl (C=O) groups excluding carboxylic acids is 1. The third-order valence-electron chi connectivity index (χ3n) is 4.16. The monoisotopic (exact) mass is 391 g/mol. The Balaban J connectivity index is 2.01. The molecule has 8 heteroatoms. The van der Waals surface area contributed by atoms with E-state index in [-0.39, 0.29) is 37.4 Å². The van der Waals surface area contributed by atoms with Gasteiger partial charge in [0.1, 0.15) is 13.2 Å². The number of amides is 1. The molecule has 0 saturated heterocycles. The lowest BCUT2D eigenvalue weighted by Gasteiger charge is -2.27. The molecule has 0 spiro atoms. The SMILES string of the molecule is C#CNN(CC(=O)NC1CCCCC1)/C(=C\CC(=O)O)OCc1ccsc1. The summed E-state index contributed by atoms with van der Waals surface area (Å²) in [5.41, 5.74) is 3.57. The van der Waals surface area contributed by atoms with E-state index >= 15 is 0 Å². The van der Waals surface area contributed by atoms with Crippen molar-refractivity contribution in [2.24, 2.45) is 0 Å². The summed E-state index contributed by atoms with van der Waals surface area (Å²) in [5.74, 6) is -0.982. The summed E-state index contributed by atoms with van der Waals surface area (Å²) in [6, 6.07) is 4.36. The van der Waals surface area contributed by atoms with Crippen LogP contribution in [0.25, 0.3) is 0 Å². The van der Waals surface area contributed by atoms with Crippen molar-refractivity contribution in [3.8, 4) is 12.5 Å². The number of hydrogen-bond acceptors (Lipinski definition) is 6. The maximum Gasteiger partial charge on any atom is 0.307 e. The molecule has 1 aliphatic rings. The average molecular weight is 391 g/mol. The van der Waals surface area contributed by atoms with E-state index in [2.05, 4.69) is 16.8 Å². The summed E-state index contributed by atoms with van der Waals surface area (Å²) in [4.78, 5) is 23.4. The number of nitrogens with zero attached hydrogens (tertiary/aromatic N) is 1. The molecule has 1 amide bonds. The van der Waals surface area contributed by atoms with E-state index in [1.54, 1.807) is 0 Å². The maximum atomic E-state index is 12.4. The summed E-state index contributed by atoms with van der Waals surface area (Å²) in [5, 5.41) is 17.2. The zero-order valence-electron chi connectivity index (χ0n) is 15.1. The highest BCUT2D eigenvalue weighted by Crippen LogP contribution is 2.17. The Morgan fingerprint density at radius 2 is 2.19 bits per heavy atom. The summed E-state index contributed by atoms with van der Waals surface area (Å²) in [6.07, 6.45) is 11.9. The van der Waals surface area contributed by atoms with Crippen LogP contribution < -0.4 is 10.7 Å². The van der Waals surface area contributed by atoms with E-state index in [0.29, 0.717) is 0 Å². The number of nitrogens with one attached hydrogen (secondary N) is 2. The van der Waals surface area contributed by atoms with Crippen LogP contribution >= 0.6 is 11.3 Å². The van der Waals surface area contributed by atoms with Crippen LogP contribution in [0.15, 0.2) is 28.8 Å². The zero-order valence-corrected chi connectivity index (χ0v) is 16.0. The lowest BCUT2D eigenvalue weighted by molar-refractivity contribution is -0.136. The van der Waals surface area contributed by atoms with Gasteiger partial charge in [-0.3, -0.25) is 15.0 Å². The third kappa shape index (κ3) is 7.62. The van der Waals surface area contributed by atoms with Crippen molar-refractivity contribution in [1.82, 2.24) is 15.8 Å². The molecule has 0 radical (unpaired) electrons. The molecule has 1 saturated carbocycles. The molecule has 2 rings (SSSR count). The molecule has 0 unspecified atom stereocenters. The van der Waals surface area contributed by atoms with Crippen molar-refractivity contribution in [2.75, 3.05) is 6.54 Å². The summed E-state index contributed by atoms with van der Waals surface area (Å²) >= 11 is 1.54. The van der Waals surface area contributed by atoms with Crippen LogP contribution in [0.4, 0.5) is 0 Å². The topological polar surface area (TPSA) is 90.9 Å². The minimum Gasteiger partial charge on any atom is -0.481 e. The molecule has 0 aromatic carbocycles. The van der Waals surface area contributed by atoms with Gasteiger partial charge < -0.3 is 15.2 Å². The molecular weight excluding hydrogens is 366 g/mol. The first-order valence-electron chi connectivity index (χ1n) is 8.92. The molecule has 0 atom stereocenters. The highest BCUT2D eigenvalue weighted by molar-refractivity contribution is 7.07. The van der Waals surface area contributed by atoms with Crippen molar-refractivity contribution in [1.29, 1.82) is 0 Å². The van der Waals surface area contributed by atoms with Gasteiger partial charge in [-0.05, 0) is 35.7 Å². The summed E-state index contributed by atoms with van der Waals surface area (Å²) in [6.45, 7) is 0.178. The van der Waals surface area contributed by atoms with Gasteiger partial charge in [0.05, 0.1) is 6.42 Å². The van der Waals surface area contributed by atoms with Crippen LogP contribution in [0.3, 0.4) is 0 Å². The molecule has 1 aromatic heterocycles. The second kappa shape index (κ2) is 11.1. The van der Waals surface area contributed by atoms with Gasteiger partial charge in [-0.15, -0.1) is 0 Å². The maximum absolute atomic E-state index is 12.4. The van der Waals surface area contributed by atoms with Gasteiger partial charge in [0, 0.05) is 17.6 Å². The predicted octanol–water partition coefficient (Wildman–Crippen LogP) is 2.43. The molecule has 0 aliphatic heterocycles. The molecular formula is C19H25N3O4S. The van der Waals surface area contributed by atoms with E-state index in [4.69, 9.17) is 16.3 Å². The van der Waals surface area contributed by atoms with Crippen LogP contribution in [-0.4, -0.2) is 34.6 Å². The fraction of sp³-hybridized carbons (Fsp3) is 0.474. The quantitative estimate of drug-likeness (QED) is 0.246. The van der Waals surface area contributed by atoms with Gasteiger partial charge in [-0.1, -0.05) is 25.7 Å². The fourth-order valence-electron chi connectivity index (χ4n) is 2.87. The number of aliphatic carboxylic acids is 1. The number of hydrogen-bond donors (Lipinski definition) is 3. The van der Waals surface area contributed by atoms with E-state index in [0.717, 1.165) is 31.2 Å². The number of carbonyl (C=O) groups is 2. The Morgan fingerprint density at radius 1 is 1.41 bits per heavy atom. The number of hydrazine groups is 1. The lowest BCUT2D eigenvalue weighted by Crippen LogP contribution is -2.46. The minimum atomic E-state index is -1.00. The first-order chi connectivity index (χ1) is 13.1. The Kier molecular flexibility index (Phi) is 8.52. The van der Waals surface area contributed by atoms with Crippen molar-refractivity contribution in [3.05, 3.63) is 34.3 Å². The Labute approximate surface area is 163 Å². The normalized spacial score (nSPS) is 14.9. The van der Waals surface area contributed by atoms with Gasteiger partial charge in [0.2, 0.25) is 11.8 Å². The Morgan fingerprint density at radius 3 is 2.81 bits per heavy atom. The van der Waals surface area contributed by atoms with Crippen LogP contribution in [-0.2, 0) is 20.9 Å². The average Bonchev–Trinajstić information content (AvgIpc) is 3.15. The van der Waals surface area contributed by atoms with E-state index in [9.17, 15) is 9.59 Å². The number of carboxylic acid groups (broad SMARTS) is 1. The molecule has 0 bridgehead atoms. The highest BCUT2D eigenvalue weighted by Gasteiger charge is 2.20. The van der Waals surface area contributed by atoms with Crippen LogP contribution in [0.5, 0.6) is 0 Å². The van der Waals surface area contributed by atoms with E-state index < -0.39 is 5.97 Å². The largest absolute Gasteiger partial charge is 0.481 e. The smallest absolute Gasteiger partial charge is 0.307 e. The van der Waals surface area contributed by atoms with Gasteiger partial charge >= 0.3 is 5.97 Å². The number of thiophene rings is 1. The van der Waals surface area contributed by atoms with Crippen LogP contribution in [0.2, 0.25) is 0 Å². The minimum absolute atomic E-state index is 0.0736.